The maximum atomic E-state index is 13.7. The summed E-state index contributed by atoms with van der Waals surface area (Å²) < 4.78 is 0. The molecule has 0 fully saturated rings. The first-order chi connectivity index (χ1) is 15.9. The van der Waals surface area contributed by atoms with Gasteiger partial charge < -0.3 is 9.80 Å². The van der Waals surface area contributed by atoms with Crippen LogP contribution in [0.1, 0.15) is 52.4 Å². The van der Waals surface area contributed by atoms with Gasteiger partial charge in [0.15, 0.2) is 0 Å². The molecule has 0 saturated carbocycles. The summed E-state index contributed by atoms with van der Waals surface area (Å²) in [5.41, 5.74) is 4.21. The van der Waals surface area contributed by atoms with Crippen molar-refractivity contribution in [2.75, 3.05) is 13.1 Å². The topological polar surface area (TPSA) is 40.6 Å². The molecule has 0 aliphatic carbocycles. The molecule has 3 aromatic rings. The van der Waals surface area contributed by atoms with Crippen LogP contribution < -0.4 is 0 Å². The fourth-order valence-corrected chi connectivity index (χ4v) is 5.65. The normalized spacial score (nSPS) is 16.4. The molecule has 1 aliphatic rings. The Labute approximate surface area is 204 Å². The van der Waals surface area contributed by atoms with E-state index in [0.717, 1.165) is 23.1 Å². The van der Waals surface area contributed by atoms with E-state index in [4.69, 9.17) is 11.6 Å². The standard InChI is InChI=1S/C27H29ClN2O2S/c1-18(2)30(27(32)25(28)20-10-5-4-6-11-20)17-24(31)29-15-13-23-22(14-16-33-23)26(29)21-12-8-7-9-19(21)3/h4-12,14,16,18,25-26H,13,15,17H2,1-3H3. The number of nitrogens with zero attached hydrogens (tertiary/aromatic N) is 2. The van der Waals surface area contributed by atoms with E-state index in [2.05, 4.69) is 30.5 Å². The van der Waals surface area contributed by atoms with Crippen molar-refractivity contribution in [1.82, 2.24) is 9.80 Å². The Morgan fingerprint density at radius 2 is 1.76 bits per heavy atom. The second kappa shape index (κ2) is 10.1. The highest BCUT2D eigenvalue weighted by Crippen LogP contribution is 2.39. The zero-order valence-electron chi connectivity index (χ0n) is 19.2. The number of rotatable bonds is 6. The van der Waals surface area contributed by atoms with Crippen LogP contribution in [-0.2, 0) is 16.0 Å². The summed E-state index contributed by atoms with van der Waals surface area (Å²) in [6.45, 7) is 6.57. The molecule has 0 spiro atoms. The maximum absolute atomic E-state index is 13.7. The summed E-state index contributed by atoms with van der Waals surface area (Å²) >= 11 is 8.30. The molecule has 172 valence electrons. The van der Waals surface area contributed by atoms with Crippen molar-refractivity contribution < 1.29 is 9.59 Å². The highest BCUT2D eigenvalue weighted by molar-refractivity contribution is 7.10. The van der Waals surface area contributed by atoms with Crippen molar-refractivity contribution in [3.63, 3.8) is 0 Å². The number of alkyl halides is 1. The Kier molecular flexibility index (Phi) is 7.20. The number of fused-ring (bicyclic) bond motifs is 1. The molecular formula is C27H29ClN2O2S. The minimum Gasteiger partial charge on any atom is -0.330 e. The van der Waals surface area contributed by atoms with Gasteiger partial charge in [-0.15, -0.1) is 22.9 Å². The van der Waals surface area contributed by atoms with Crippen molar-refractivity contribution in [1.29, 1.82) is 0 Å². The second-order valence-electron chi connectivity index (χ2n) is 8.73. The number of hydrogen-bond donors (Lipinski definition) is 0. The molecule has 4 nitrogen and oxygen atoms in total. The van der Waals surface area contributed by atoms with Gasteiger partial charge in [0.2, 0.25) is 11.8 Å². The lowest BCUT2D eigenvalue weighted by molar-refractivity contribution is -0.143. The number of amides is 2. The van der Waals surface area contributed by atoms with Crippen molar-refractivity contribution in [3.05, 3.63) is 93.2 Å². The molecule has 4 rings (SSSR count). The summed E-state index contributed by atoms with van der Waals surface area (Å²) in [6.07, 6.45) is 0.832. The first kappa shape index (κ1) is 23.5. The van der Waals surface area contributed by atoms with Crippen LogP contribution in [0.5, 0.6) is 0 Å². The zero-order valence-corrected chi connectivity index (χ0v) is 20.8. The summed E-state index contributed by atoms with van der Waals surface area (Å²) in [5, 5.41) is 1.28. The van der Waals surface area contributed by atoms with Gasteiger partial charge in [0.25, 0.3) is 0 Å². The Balaban J connectivity index is 1.61. The van der Waals surface area contributed by atoms with Crippen LogP contribution >= 0.6 is 22.9 Å². The van der Waals surface area contributed by atoms with E-state index in [1.54, 1.807) is 16.2 Å². The minimum atomic E-state index is -0.821. The summed E-state index contributed by atoms with van der Waals surface area (Å²) in [4.78, 5) is 31.9. The van der Waals surface area contributed by atoms with E-state index >= 15 is 0 Å². The van der Waals surface area contributed by atoms with Gasteiger partial charge in [-0.25, -0.2) is 0 Å². The molecule has 2 aromatic carbocycles. The molecule has 0 N–H and O–H groups in total. The molecule has 2 unspecified atom stereocenters. The summed E-state index contributed by atoms with van der Waals surface area (Å²) in [6, 6.07) is 19.4. The third-order valence-electron chi connectivity index (χ3n) is 6.29. The molecule has 0 radical (unpaired) electrons. The van der Waals surface area contributed by atoms with Gasteiger partial charge >= 0.3 is 0 Å². The van der Waals surface area contributed by atoms with Crippen LogP contribution in [0, 0.1) is 6.92 Å². The molecule has 6 heteroatoms. The van der Waals surface area contributed by atoms with Crippen molar-refractivity contribution in [2.24, 2.45) is 0 Å². The molecule has 1 aromatic heterocycles. The van der Waals surface area contributed by atoms with Gasteiger partial charge in [0.1, 0.15) is 11.9 Å². The van der Waals surface area contributed by atoms with Crippen LogP contribution in [0.4, 0.5) is 0 Å². The van der Waals surface area contributed by atoms with Gasteiger partial charge in [0.05, 0.1) is 6.04 Å². The molecule has 2 amide bonds. The first-order valence-corrected chi connectivity index (χ1v) is 12.6. The van der Waals surface area contributed by atoms with Crippen molar-refractivity contribution in [2.45, 2.75) is 44.7 Å². The predicted octanol–water partition coefficient (Wildman–Crippen LogP) is 5.75. The largest absolute Gasteiger partial charge is 0.330 e. The Morgan fingerprint density at radius 3 is 2.45 bits per heavy atom. The van der Waals surface area contributed by atoms with E-state index < -0.39 is 5.38 Å². The highest BCUT2D eigenvalue weighted by atomic mass is 35.5. The third kappa shape index (κ3) is 4.85. The minimum absolute atomic E-state index is 0.00834. The zero-order chi connectivity index (χ0) is 23.5. The van der Waals surface area contributed by atoms with Crippen LogP contribution in [0.15, 0.2) is 66.0 Å². The number of hydrogen-bond acceptors (Lipinski definition) is 3. The average Bonchev–Trinajstić information content (AvgIpc) is 3.31. The molecular weight excluding hydrogens is 452 g/mol. The average molecular weight is 481 g/mol. The smallest absolute Gasteiger partial charge is 0.245 e. The first-order valence-electron chi connectivity index (χ1n) is 11.3. The quantitative estimate of drug-likeness (QED) is 0.421. The van der Waals surface area contributed by atoms with Gasteiger partial charge in [-0.1, -0.05) is 54.6 Å². The van der Waals surface area contributed by atoms with Crippen LogP contribution in [-0.4, -0.2) is 40.7 Å². The van der Waals surface area contributed by atoms with Gasteiger partial charge in [-0.3, -0.25) is 9.59 Å². The van der Waals surface area contributed by atoms with E-state index in [-0.39, 0.29) is 30.4 Å². The fraction of sp³-hybridized carbons (Fsp3) is 0.333. The molecule has 2 heterocycles. The Morgan fingerprint density at radius 1 is 1.06 bits per heavy atom. The van der Waals surface area contributed by atoms with Crippen LogP contribution in [0.3, 0.4) is 0 Å². The van der Waals surface area contributed by atoms with E-state index in [0.29, 0.717) is 6.54 Å². The number of carbonyl (C=O) groups is 2. The Hall–Kier alpha value is -2.63. The Bertz CT molecular complexity index is 1130. The number of carbonyl (C=O) groups excluding carboxylic acids is 2. The monoisotopic (exact) mass is 480 g/mol. The lowest BCUT2D eigenvalue weighted by Gasteiger charge is -2.39. The van der Waals surface area contributed by atoms with Crippen molar-refractivity contribution >= 4 is 34.8 Å². The predicted molar refractivity (Wildman–Crippen MR) is 135 cm³/mol. The van der Waals surface area contributed by atoms with E-state index in [9.17, 15) is 9.59 Å². The number of thiophene rings is 1. The molecule has 33 heavy (non-hydrogen) atoms. The molecule has 2 atom stereocenters. The van der Waals surface area contributed by atoms with Crippen LogP contribution in [0.2, 0.25) is 0 Å². The maximum Gasteiger partial charge on any atom is 0.245 e. The van der Waals surface area contributed by atoms with E-state index in [1.165, 1.54) is 10.4 Å². The fourth-order valence-electron chi connectivity index (χ4n) is 4.48. The van der Waals surface area contributed by atoms with Crippen molar-refractivity contribution in [3.8, 4) is 0 Å². The van der Waals surface area contributed by atoms with E-state index in [1.807, 2.05) is 61.2 Å². The molecule has 0 saturated heterocycles. The number of aryl methyl sites for hydroxylation is 1. The van der Waals surface area contributed by atoms with Gasteiger partial charge in [0, 0.05) is 17.5 Å². The second-order valence-corrected chi connectivity index (χ2v) is 10.2. The highest BCUT2D eigenvalue weighted by Gasteiger charge is 2.36. The van der Waals surface area contributed by atoms with Gasteiger partial charge in [-0.05, 0) is 60.9 Å². The lowest BCUT2D eigenvalue weighted by Crippen LogP contribution is -2.49. The summed E-state index contributed by atoms with van der Waals surface area (Å²) in [5.74, 6) is -0.300. The number of halogens is 1. The molecule has 0 bridgehead atoms. The SMILES string of the molecule is Cc1ccccc1C1c2ccsc2CCN1C(=O)CN(C(=O)C(Cl)c1ccccc1)C(C)C. The van der Waals surface area contributed by atoms with Crippen LogP contribution in [0.25, 0.3) is 0 Å². The number of benzene rings is 2. The van der Waals surface area contributed by atoms with Gasteiger partial charge in [-0.2, -0.15) is 0 Å². The third-order valence-corrected chi connectivity index (χ3v) is 7.73. The summed E-state index contributed by atoms with van der Waals surface area (Å²) in [7, 11) is 0. The molecule has 1 aliphatic heterocycles. The lowest BCUT2D eigenvalue weighted by atomic mass is 9.90.